The lowest BCUT2D eigenvalue weighted by molar-refractivity contribution is -0.137. The fourth-order valence-electron chi connectivity index (χ4n) is 1.73. The molecule has 1 aromatic carbocycles. The van der Waals surface area contributed by atoms with E-state index in [4.69, 9.17) is 11.6 Å². The lowest BCUT2D eigenvalue weighted by Crippen LogP contribution is -2.12. The fraction of sp³-hybridized carbons (Fsp3) is 0.214. The van der Waals surface area contributed by atoms with Crippen molar-refractivity contribution in [3.05, 3.63) is 57.7 Å². The molecule has 0 amide bonds. The van der Waals surface area contributed by atoms with Crippen LogP contribution >= 0.6 is 27.5 Å². The summed E-state index contributed by atoms with van der Waals surface area (Å²) in [6.07, 6.45) is -3.13. The number of nitrogens with zero attached hydrogens (tertiary/aromatic N) is 1. The smallest absolute Gasteiger partial charge is 0.365 e. The van der Waals surface area contributed by atoms with Gasteiger partial charge < -0.3 is 5.32 Å². The summed E-state index contributed by atoms with van der Waals surface area (Å²) in [4.78, 5) is 3.79. The second-order valence-electron chi connectivity index (χ2n) is 4.35. The van der Waals surface area contributed by atoms with Crippen LogP contribution in [0.25, 0.3) is 0 Å². The maximum absolute atomic E-state index is 12.9. The van der Waals surface area contributed by atoms with Crippen LogP contribution in [0.5, 0.6) is 0 Å². The van der Waals surface area contributed by atoms with E-state index in [9.17, 15) is 13.2 Å². The van der Waals surface area contributed by atoms with Crippen LogP contribution in [-0.2, 0) is 18.6 Å². The number of aromatic nitrogens is 1. The molecule has 1 N–H and O–H groups in total. The van der Waals surface area contributed by atoms with Crippen molar-refractivity contribution in [3.63, 3.8) is 0 Å². The van der Waals surface area contributed by atoms with Gasteiger partial charge in [-0.25, -0.2) is 4.98 Å². The molecule has 2 rings (SSSR count). The number of pyridine rings is 1. The monoisotopic (exact) mass is 378 g/mol. The third-order valence-electron chi connectivity index (χ3n) is 2.80. The zero-order valence-corrected chi connectivity index (χ0v) is 13.1. The molecule has 1 aromatic heterocycles. The van der Waals surface area contributed by atoms with Gasteiger partial charge >= 0.3 is 6.18 Å². The lowest BCUT2D eigenvalue weighted by Gasteiger charge is -2.14. The quantitative estimate of drug-likeness (QED) is 0.737. The van der Waals surface area contributed by atoms with Gasteiger partial charge in [0.1, 0.15) is 5.82 Å². The fourth-order valence-corrected chi connectivity index (χ4v) is 2.24. The standard InChI is InChI=1S/C14H11BrClF3N2/c15-11-5-12(14(17,18)19)13(21-8-11)20-7-10-3-1-9(6-16)2-4-10/h1-5,8H,6-7H2,(H,20,21). The summed E-state index contributed by atoms with van der Waals surface area (Å²) in [7, 11) is 0. The third kappa shape index (κ3) is 4.35. The maximum Gasteiger partial charge on any atom is 0.419 e. The van der Waals surface area contributed by atoms with Gasteiger partial charge in [0.2, 0.25) is 0 Å². The molecule has 0 saturated carbocycles. The Bertz CT molecular complexity index is 615. The highest BCUT2D eigenvalue weighted by atomic mass is 79.9. The second kappa shape index (κ2) is 6.66. The molecular formula is C14H11BrClF3N2. The van der Waals surface area contributed by atoms with Crippen molar-refractivity contribution in [1.29, 1.82) is 0 Å². The zero-order valence-electron chi connectivity index (χ0n) is 10.7. The maximum atomic E-state index is 12.9. The predicted octanol–water partition coefficient (Wildman–Crippen LogP) is 5.21. The van der Waals surface area contributed by atoms with Crippen molar-refractivity contribution < 1.29 is 13.2 Å². The highest BCUT2D eigenvalue weighted by molar-refractivity contribution is 9.10. The largest absolute Gasteiger partial charge is 0.419 e. The Morgan fingerprint density at radius 3 is 2.33 bits per heavy atom. The molecule has 0 bridgehead atoms. The summed E-state index contributed by atoms with van der Waals surface area (Å²) in [5.41, 5.74) is 1.01. The van der Waals surface area contributed by atoms with Gasteiger partial charge in [0.05, 0.1) is 5.56 Å². The van der Waals surface area contributed by atoms with Gasteiger partial charge in [-0.1, -0.05) is 24.3 Å². The molecule has 2 nitrogen and oxygen atoms in total. The van der Waals surface area contributed by atoms with Crippen molar-refractivity contribution in [2.75, 3.05) is 5.32 Å². The van der Waals surface area contributed by atoms with Gasteiger partial charge in [-0.05, 0) is 33.1 Å². The van der Waals surface area contributed by atoms with Gasteiger partial charge in [0.15, 0.2) is 0 Å². The Hall–Kier alpha value is -1.27. The van der Waals surface area contributed by atoms with Gasteiger partial charge in [-0.3, -0.25) is 0 Å². The van der Waals surface area contributed by atoms with E-state index in [0.717, 1.165) is 17.2 Å². The Balaban J connectivity index is 2.15. The molecule has 0 radical (unpaired) electrons. The number of anilines is 1. The highest BCUT2D eigenvalue weighted by Crippen LogP contribution is 2.35. The first-order valence-corrected chi connectivity index (χ1v) is 7.33. The van der Waals surface area contributed by atoms with E-state index in [-0.39, 0.29) is 16.8 Å². The molecule has 0 fully saturated rings. The molecule has 0 spiro atoms. The summed E-state index contributed by atoms with van der Waals surface area (Å²) >= 11 is 8.68. The number of hydrogen-bond acceptors (Lipinski definition) is 2. The summed E-state index contributed by atoms with van der Waals surface area (Å²) in [5, 5.41) is 2.72. The minimum absolute atomic E-state index is 0.188. The first kappa shape index (κ1) is 16.1. The molecule has 2 aromatic rings. The van der Waals surface area contributed by atoms with Crippen LogP contribution in [0.1, 0.15) is 16.7 Å². The molecule has 7 heteroatoms. The number of benzene rings is 1. The molecular weight excluding hydrogens is 369 g/mol. The van der Waals surface area contributed by atoms with Crippen LogP contribution in [0.4, 0.5) is 19.0 Å². The van der Waals surface area contributed by atoms with Gasteiger partial charge in [0, 0.05) is 23.1 Å². The number of hydrogen-bond donors (Lipinski definition) is 1. The number of halogens is 5. The average Bonchev–Trinajstić information content (AvgIpc) is 2.45. The number of alkyl halides is 4. The van der Waals surface area contributed by atoms with E-state index >= 15 is 0 Å². The van der Waals surface area contributed by atoms with E-state index < -0.39 is 11.7 Å². The van der Waals surface area contributed by atoms with Crippen molar-refractivity contribution >= 4 is 33.3 Å². The van der Waals surface area contributed by atoms with E-state index in [2.05, 4.69) is 26.2 Å². The molecule has 1 heterocycles. The van der Waals surface area contributed by atoms with Crippen LogP contribution in [-0.4, -0.2) is 4.98 Å². The third-order valence-corrected chi connectivity index (χ3v) is 3.54. The van der Waals surface area contributed by atoms with Crippen LogP contribution in [0.3, 0.4) is 0 Å². The van der Waals surface area contributed by atoms with Crippen LogP contribution in [0, 0.1) is 0 Å². The van der Waals surface area contributed by atoms with Crippen molar-refractivity contribution in [3.8, 4) is 0 Å². The van der Waals surface area contributed by atoms with E-state index in [0.29, 0.717) is 5.88 Å². The molecule has 0 atom stereocenters. The first-order valence-electron chi connectivity index (χ1n) is 6.00. The lowest BCUT2D eigenvalue weighted by atomic mass is 10.1. The normalized spacial score (nSPS) is 11.5. The van der Waals surface area contributed by atoms with E-state index in [1.54, 1.807) is 0 Å². The van der Waals surface area contributed by atoms with Gasteiger partial charge in [-0.15, -0.1) is 11.6 Å². The average molecular weight is 380 g/mol. The Kier molecular flexibility index (Phi) is 5.11. The van der Waals surface area contributed by atoms with Crippen LogP contribution in [0.15, 0.2) is 41.0 Å². The summed E-state index contributed by atoms with van der Waals surface area (Å²) in [6.45, 7) is 0.250. The summed E-state index contributed by atoms with van der Waals surface area (Å²) in [6, 6.07) is 8.31. The van der Waals surface area contributed by atoms with Crippen LogP contribution in [0.2, 0.25) is 0 Å². The van der Waals surface area contributed by atoms with Crippen molar-refractivity contribution in [2.45, 2.75) is 18.6 Å². The molecule has 21 heavy (non-hydrogen) atoms. The topological polar surface area (TPSA) is 24.9 Å². The van der Waals surface area contributed by atoms with E-state index in [1.807, 2.05) is 24.3 Å². The molecule has 0 aliphatic carbocycles. The minimum Gasteiger partial charge on any atom is -0.365 e. The number of rotatable bonds is 4. The highest BCUT2D eigenvalue weighted by Gasteiger charge is 2.34. The Morgan fingerprint density at radius 1 is 1.14 bits per heavy atom. The predicted molar refractivity (Wildman–Crippen MR) is 80.3 cm³/mol. The number of nitrogens with one attached hydrogen (secondary N) is 1. The Morgan fingerprint density at radius 2 is 1.76 bits per heavy atom. The van der Waals surface area contributed by atoms with Crippen LogP contribution < -0.4 is 5.32 Å². The van der Waals surface area contributed by atoms with Crippen molar-refractivity contribution in [2.24, 2.45) is 0 Å². The second-order valence-corrected chi connectivity index (χ2v) is 5.53. The van der Waals surface area contributed by atoms with Gasteiger partial charge in [-0.2, -0.15) is 13.2 Å². The summed E-state index contributed by atoms with van der Waals surface area (Å²) in [5.74, 6) is 0.215. The molecule has 0 aliphatic rings. The van der Waals surface area contributed by atoms with Gasteiger partial charge in [0.25, 0.3) is 0 Å². The van der Waals surface area contributed by atoms with Crippen molar-refractivity contribution in [1.82, 2.24) is 4.98 Å². The first-order chi connectivity index (χ1) is 9.90. The molecule has 0 unspecified atom stereocenters. The zero-order chi connectivity index (χ0) is 15.5. The minimum atomic E-state index is -4.46. The summed E-state index contributed by atoms with van der Waals surface area (Å²) < 4.78 is 39.1. The molecule has 0 aliphatic heterocycles. The Labute approximate surface area is 133 Å². The SMILES string of the molecule is FC(F)(F)c1cc(Br)cnc1NCc1ccc(CCl)cc1. The molecule has 112 valence electrons. The molecule has 0 saturated heterocycles. The van der Waals surface area contributed by atoms with E-state index in [1.165, 1.54) is 6.20 Å².